The number of hydrogen-bond acceptors (Lipinski definition) is 4. The first-order valence-electron chi connectivity index (χ1n) is 8.73. The second-order valence-electron chi connectivity index (χ2n) is 6.12. The molecule has 136 valence electrons. The molecule has 0 aliphatic heterocycles. The summed E-state index contributed by atoms with van der Waals surface area (Å²) in [6.45, 7) is 11.9. The van der Waals surface area contributed by atoms with Crippen LogP contribution in [0.25, 0.3) is 0 Å². The average Bonchev–Trinajstić information content (AvgIpc) is 3.01. The van der Waals surface area contributed by atoms with Gasteiger partial charge in [0.25, 0.3) is 0 Å². The zero-order valence-electron chi connectivity index (χ0n) is 15.5. The van der Waals surface area contributed by atoms with E-state index < -0.39 is 0 Å². The summed E-state index contributed by atoms with van der Waals surface area (Å²) >= 11 is 0. The Morgan fingerprint density at radius 3 is 2.62 bits per heavy atom. The fourth-order valence-electron chi connectivity index (χ4n) is 1.92. The number of nitrogens with one attached hydrogen (secondary N) is 3. The molecule has 1 unspecified atom stereocenters. The maximum atomic E-state index is 11.8. The van der Waals surface area contributed by atoms with E-state index in [2.05, 4.69) is 39.9 Å². The molecular weight excluding hydrogens is 306 g/mol. The van der Waals surface area contributed by atoms with Gasteiger partial charge in [0.2, 0.25) is 5.91 Å². The molecule has 7 heteroatoms. The number of aliphatic imine (C=N–C) groups is 1. The summed E-state index contributed by atoms with van der Waals surface area (Å²) < 4.78 is 5.28. The number of amides is 1. The van der Waals surface area contributed by atoms with Gasteiger partial charge in [0.1, 0.15) is 6.54 Å². The summed E-state index contributed by atoms with van der Waals surface area (Å²) in [5.41, 5.74) is 0.930. The summed E-state index contributed by atoms with van der Waals surface area (Å²) in [5, 5.41) is 13.3. The maximum absolute atomic E-state index is 11.8. The third-order valence-corrected chi connectivity index (χ3v) is 3.57. The molecule has 1 amide bonds. The van der Waals surface area contributed by atoms with Crippen molar-refractivity contribution in [3.05, 3.63) is 17.5 Å². The van der Waals surface area contributed by atoms with E-state index in [4.69, 9.17) is 4.52 Å². The number of carbonyl (C=O) groups is 1. The fraction of sp³-hybridized carbons (Fsp3) is 0.706. The molecule has 0 bridgehead atoms. The van der Waals surface area contributed by atoms with Crippen molar-refractivity contribution in [2.24, 2.45) is 4.99 Å². The third kappa shape index (κ3) is 7.48. The molecule has 0 aromatic carbocycles. The van der Waals surface area contributed by atoms with E-state index in [0.29, 0.717) is 31.4 Å². The van der Waals surface area contributed by atoms with Gasteiger partial charge in [-0.25, -0.2) is 4.99 Å². The van der Waals surface area contributed by atoms with Gasteiger partial charge in [-0.15, -0.1) is 0 Å². The van der Waals surface area contributed by atoms with E-state index in [1.807, 2.05) is 26.8 Å². The molecule has 1 atom stereocenters. The number of rotatable bonds is 9. The predicted octanol–water partition coefficient (Wildman–Crippen LogP) is 2.16. The van der Waals surface area contributed by atoms with Crippen LogP contribution in [0.1, 0.15) is 64.8 Å². The molecule has 24 heavy (non-hydrogen) atoms. The highest BCUT2D eigenvalue weighted by Gasteiger charge is 2.08. The van der Waals surface area contributed by atoms with E-state index >= 15 is 0 Å². The van der Waals surface area contributed by atoms with E-state index in [0.717, 1.165) is 24.4 Å². The fourth-order valence-corrected chi connectivity index (χ4v) is 1.92. The molecule has 0 saturated heterocycles. The lowest BCUT2D eigenvalue weighted by atomic mass is 10.1. The second-order valence-corrected chi connectivity index (χ2v) is 6.12. The first kappa shape index (κ1) is 20.0. The number of carbonyl (C=O) groups excluding carboxylic acids is 1. The van der Waals surface area contributed by atoms with Gasteiger partial charge in [-0.05, 0) is 26.2 Å². The van der Waals surface area contributed by atoms with Crippen LogP contribution in [0.5, 0.6) is 0 Å². The van der Waals surface area contributed by atoms with Crippen LogP contribution in [-0.4, -0.2) is 36.2 Å². The smallest absolute Gasteiger partial charge is 0.221 e. The SMILES string of the molecule is CCNC(=NCc1cc(C(C)C)no1)NCCC(=O)NC(C)CC. The summed E-state index contributed by atoms with van der Waals surface area (Å²) in [4.78, 5) is 16.2. The van der Waals surface area contributed by atoms with Crippen molar-refractivity contribution < 1.29 is 9.32 Å². The van der Waals surface area contributed by atoms with E-state index in [-0.39, 0.29) is 11.9 Å². The van der Waals surface area contributed by atoms with Gasteiger partial charge in [0.15, 0.2) is 11.7 Å². The average molecular weight is 337 g/mol. The van der Waals surface area contributed by atoms with Crippen LogP contribution in [0, 0.1) is 0 Å². The Morgan fingerprint density at radius 2 is 2.04 bits per heavy atom. The predicted molar refractivity (Wildman–Crippen MR) is 95.9 cm³/mol. The first-order chi connectivity index (χ1) is 11.5. The van der Waals surface area contributed by atoms with Crippen LogP contribution in [0.2, 0.25) is 0 Å². The Morgan fingerprint density at radius 1 is 1.29 bits per heavy atom. The first-order valence-corrected chi connectivity index (χ1v) is 8.73. The van der Waals surface area contributed by atoms with Crippen LogP contribution < -0.4 is 16.0 Å². The van der Waals surface area contributed by atoms with Crippen molar-refractivity contribution in [2.45, 2.75) is 66.0 Å². The standard InChI is InChI=1S/C17H31N5O2/c1-6-13(5)21-16(23)8-9-19-17(18-7-2)20-11-14-10-15(12(3)4)22-24-14/h10,12-13H,6-9,11H2,1-5H3,(H,21,23)(H2,18,19,20). The van der Waals surface area contributed by atoms with E-state index in [1.54, 1.807) is 0 Å². The van der Waals surface area contributed by atoms with Crippen molar-refractivity contribution in [1.82, 2.24) is 21.1 Å². The molecule has 1 rings (SSSR count). The highest BCUT2D eigenvalue weighted by atomic mass is 16.5. The third-order valence-electron chi connectivity index (χ3n) is 3.57. The Bertz CT molecular complexity index is 525. The van der Waals surface area contributed by atoms with Crippen molar-refractivity contribution in [2.75, 3.05) is 13.1 Å². The Balaban J connectivity index is 2.45. The summed E-state index contributed by atoms with van der Waals surface area (Å²) in [6, 6.07) is 2.14. The van der Waals surface area contributed by atoms with Gasteiger partial charge in [-0.1, -0.05) is 25.9 Å². The molecule has 0 radical (unpaired) electrons. The van der Waals surface area contributed by atoms with Crippen LogP contribution in [-0.2, 0) is 11.3 Å². The van der Waals surface area contributed by atoms with Crippen molar-refractivity contribution >= 4 is 11.9 Å². The Labute approximate surface area is 144 Å². The lowest BCUT2D eigenvalue weighted by Gasteiger charge is -2.13. The van der Waals surface area contributed by atoms with Crippen LogP contribution in [0.3, 0.4) is 0 Å². The summed E-state index contributed by atoms with van der Waals surface area (Å²) in [7, 11) is 0. The van der Waals surface area contributed by atoms with Crippen LogP contribution >= 0.6 is 0 Å². The van der Waals surface area contributed by atoms with Crippen molar-refractivity contribution in [3.63, 3.8) is 0 Å². The highest BCUT2D eigenvalue weighted by Crippen LogP contribution is 2.14. The molecule has 1 aromatic heterocycles. The second kappa shape index (κ2) is 10.7. The number of hydrogen-bond donors (Lipinski definition) is 3. The minimum atomic E-state index is 0.0458. The molecule has 0 aliphatic rings. The molecular formula is C17H31N5O2. The quantitative estimate of drug-likeness (QED) is 0.474. The molecule has 7 nitrogen and oxygen atoms in total. The molecule has 0 fully saturated rings. The van der Waals surface area contributed by atoms with Crippen molar-refractivity contribution in [1.29, 1.82) is 0 Å². The van der Waals surface area contributed by atoms with Gasteiger partial charge in [-0.2, -0.15) is 0 Å². The monoisotopic (exact) mass is 337 g/mol. The maximum Gasteiger partial charge on any atom is 0.221 e. The lowest BCUT2D eigenvalue weighted by molar-refractivity contribution is -0.121. The lowest BCUT2D eigenvalue weighted by Crippen LogP contribution is -2.40. The van der Waals surface area contributed by atoms with E-state index in [9.17, 15) is 4.79 Å². The van der Waals surface area contributed by atoms with E-state index in [1.165, 1.54) is 0 Å². The molecule has 0 aliphatic carbocycles. The van der Waals surface area contributed by atoms with Gasteiger partial charge in [-0.3, -0.25) is 4.79 Å². The van der Waals surface area contributed by atoms with Crippen LogP contribution in [0.4, 0.5) is 0 Å². The zero-order chi connectivity index (χ0) is 17.9. The number of guanidine groups is 1. The molecule has 0 saturated carbocycles. The van der Waals surface area contributed by atoms with Crippen molar-refractivity contribution in [3.8, 4) is 0 Å². The zero-order valence-corrected chi connectivity index (χ0v) is 15.5. The van der Waals surface area contributed by atoms with Crippen LogP contribution in [0.15, 0.2) is 15.6 Å². The van der Waals surface area contributed by atoms with Gasteiger partial charge >= 0.3 is 0 Å². The van der Waals surface area contributed by atoms with Gasteiger partial charge in [0.05, 0.1) is 5.69 Å². The molecule has 1 heterocycles. The summed E-state index contributed by atoms with van der Waals surface area (Å²) in [5.74, 6) is 1.77. The number of nitrogens with zero attached hydrogens (tertiary/aromatic N) is 2. The molecule has 3 N–H and O–H groups in total. The largest absolute Gasteiger partial charge is 0.359 e. The Kier molecular flexibility index (Phi) is 8.89. The van der Waals surface area contributed by atoms with Gasteiger partial charge < -0.3 is 20.5 Å². The highest BCUT2D eigenvalue weighted by molar-refractivity contribution is 5.81. The topological polar surface area (TPSA) is 91.6 Å². The Hall–Kier alpha value is -2.05. The minimum absolute atomic E-state index is 0.0458. The van der Waals surface area contributed by atoms with Gasteiger partial charge in [0, 0.05) is 31.6 Å². The number of aromatic nitrogens is 1. The molecule has 0 spiro atoms. The minimum Gasteiger partial charge on any atom is -0.359 e. The summed E-state index contributed by atoms with van der Waals surface area (Å²) in [6.07, 6.45) is 1.34. The normalized spacial score (nSPS) is 13.0. The molecule has 1 aromatic rings.